The van der Waals surface area contributed by atoms with Crippen molar-refractivity contribution in [2.24, 2.45) is 5.92 Å². The quantitative estimate of drug-likeness (QED) is 0.299. The van der Waals surface area contributed by atoms with E-state index in [9.17, 15) is 40.3 Å². The van der Waals surface area contributed by atoms with Crippen molar-refractivity contribution in [2.75, 3.05) is 6.61 Å². The highest BCUT2D eigenvalue weighted by Gasteiger charge is 2.75. The van der Waals surface area contributed by atoms with E-state index in [4.69, 9.17) is 4.74 Å². The van der Waals surface area contributed by atoms with Crippen LogP contribution in [0.1, 0.15) is 32.3 Å². The fraction of sp³-hybridized carbons (Fsp3) is 0.579. The Morgan fingerprint density at radius 1 is 1.00 bits per heavy atom. The van der Waals surface area contributed by atoms with E-state index in [1.54, 1.807) is 42.6 Å². The largest absolute Gasteiger partial charge is 0.464 e. The normalized spacial score (nSPS) is 14.5. The third-order valence-electron chi connectivity index (χ3n) is 4.33. The van der Waals surface area contributed by atoms with Gasteiger partial charge in [0.25, 0.3) is 0 Å². The van der Waals surface area contributed by atoms with Crippen molar-refractivity contribution in [1.29, 1.82) is 0 Å². The van der Waals surface area contributed by atoms with Gasteiger partial charge in [0.2, 0.25) is 0 Å². The van der Waals surface area contributed by atoms with Crippen LogP contribution in [0.2, 0.25) is 0 Å². The minimum absolute atomic E-state index is 0.278. The molecule has 0 spiro atoms. The van der Waals surface area contributed by atoms with Crippen molar-refractivity contribution < 1.29 is 49.8 Å². The molecule has 0 aliphatic rings. The standard InChI is InChI=1S/C19H22F7NO4/c1-3-4-10-30-15(28)14(12(2)17(20,21)18(22,23)19(24,25)26)27-16(29)31-11-13-8-6-5-7-9-13/h5-9,12,14H,3-4,10-11H2,1-2H3,(H,27,29). The van der Waals surface area contributed by atoms with Crippen molar-refractivity contribution in [3.05, 3.63) is 35.9 Å². The first kappa shape index (κ1) is 26.5. The second kappa shape index (κ2) is 10.7. The molecule has 31 heavy (non-hydrogen) atoms. The highest BCUT2D eigenvalue weighted by atomic mass is 19.4. The molecule has 0 radical (unpaired) electrons. The van der Waals surface area contributed by atoms with Crippen LogP contribution in [0.25, 0.3) is 0 Å². The molecular formula is C19H22F7NO4. The van der Waals surface area contributed by atoms with Crippen LogP contribution in [0.4, 0.5) is 35.5 Å². The molecule has 0 aliphatic carbocycles. The molecule has 176 valence electrons. The molecule has 2 unspecified atom stereocenters. The Kier molecular flexibility index (Phi) is 9.12. The molecule has 0 bridgehead atoms. The lowest BCUT2D eigenvalue weighted by molar-refractivity contribution is -0.365. The molecular weight excluding hydrogens is 439 g/mol. The minimum Gasteiger partial charge on any atom is -0.464 e. The molecule has 0 aromatic heterocycles. The number of alkyl halides is 7. The number of unbranched alkanes of at least 4 members (excludes halogenated alkanes) is 1. The number of carbonyl (C=O) groups excluding carboxylic acids is 2. The van der Waals surface area contributed by atoms with Crippen LogP contribution in [-0.2, 0) is 20.9 Å². The Balaban J connectivity index is 3.04. The number of alkyl carbamates (subject to hydrolysis) is 1. The molecule has 2 atom stereocenters. The SMILES string of the molecule is CCCCOC(=O)C(NC(=O)OCc1ccccc1)C(C)C(F)(F)C(F)(F)C(F)(F)F. The lowest BCUT2D eigenvalue weighted by Crippen LogP contribution is -2.61. The van der Waals surface area contributed by atoms with Gasteiger partial charge in [-0.15, -0.1) is 0 Å². The molecule has 12 heteroatoms. The van der Waals surface area contributed by atoms with E-state index in [-0.39, 0.29) is 26.6 Å². The third kappa shape index (κ3) is 6.73. The number of halogens is 7. The molecule has 1 amide bonds. The second-order valence-corrected chi connectivity index (χ2v) is 6.69. The Hall–Kier alpha value is -2.53. The predicted octanol–water partition coefficient (Wildman–Crippen LogP) is 5.09. The van der Waals surface area contributed by atoms with Crippen LogP contribution in [0.15, 0.2) is 30.3 Å². The number of rotatable bonds is 10. The number of carbonyl (C=O) groups is 2. The summed E-state index contributed by atoms with van der Waals surface area (Å²) in [5.41, 5.74) is 0.474. The van der Waals surface area contributed by atoms with Gasteiger partial charge in [-0.1, -0.05) is 50.6 Å². The predicted molar refractivity (Wildman–Crippen MR) is 94.5 cm³/mol. The number of esters is 1. The average Bonchev–Trinajstić information content (AvgIpc) is 2.69. The maximum atomic E-state index is 14.1. The Morgan fingerprint density at radius 2 is 1.58 bits per heavy atom. The molecule has 0 fully saturated rings. The Morgan fingerprint density at radius 3 is 2.10 bits per heavy atom. The van der Waals surface area contributed by atoms with Crippen LogP contribution in [-0.4, -0.2) is 42.7 Å². The van der Waals surface area contributed by atoms with Crippen LogP contribution in [0.5, 0.6) is 0 Å². The van der Waals surface area contributed by atoms with Gasteiger partial charge in [0.15, 0.2) is 0 Å². The Bertz CT molecular complexity index is 726. The zero-order chi connectivity index (χ0) is 23.9. The highest BCUT2D eigenvalue weighted by Crippen LogP contribution is 2.50. The molecule has 0 saturated heterocycles. The van der Waals surface area contributed by atoms with E-state index < -0.39 is 42.0 Å². The van der Waals surface area contributed by atoms with Gasteiger partial charge in [-0.2, -0.15) is 30.7 Å². The minimum atomic E-state index is -6.59. The fourth-order valence-corrected chi connectivity index (χ4v) is 2.37. The number of hydrogen-bond donors (Lipinski definition) is 1. The maximum absolute atomic E-state index is 14.1. The number of nitrogens with one attached hydrogen (secondary N) is 1. The van der Waals surface area contributed by atoms with Crippen LogP contribution in [0, 0.1) is 5.92 Å². The summed E-state index contributed by atoms with van der Waals surface area (Å²) in [4.78, 5) is 24.1. The molecule has 0 heterocycles. The lowest BCUT2D eigenvalue weighted by Gasteiger charge is -2.35. The molecule has 1 rings (SSSR count). The number of ether oxygens (including phenoxy) is 2. The van der Waals surface area contributed by atoms with E-state index in [0.29, 0.717) is 12.0 Å². The monoisotopic (exact) mass is 461 g/mol. The van der Waals surface area contributed by atoms with Gasteiger partial charge in [-0.25, -0.2) is 9.59 Å². The van der Waals surface area contributed by atoms with Crippen LogP contribution in [0.3, 0.4) is 0 Å². The van der Waals surface area contributed by atoms with E-state index in [0.717, 1.165) is 0 Å². The van der Waals surface area contributed by atoms with Crippen molar-refractivity contribution in [1.82, 2.24) is 5.32 Å². The number of hydrogen-bond acceptors (Lipinski definition) is 4. The molecule has 1 aromatic rings. The summed E-state index contributed by atoms with van der Waals surface area (Å²) in [6.07, 6.45) is -7.27. The van der Waals surface area contributed by atoms with Gasteiger partial charge >= 0.3 is 30.1 Å². The summed E-state index contributed by atoms with van der Waals surface area (Å²) >= 11 is 0. The maximum Gasteiger partial charge on any atom is 0.459 e. The van der Waals surface area contributed by atoms with Gasteiger partial charge in [0, 0.05) is 0 Å². The summed E-state index contributed by atoms with van der Waals surface area (Å²) in [6.45, 7) is 1.31. The number of benzene rings is 1. The highest BCUT2D eigenvalue weighted by molar-refractivity contribution is 5.81. The van der Waals surface area contributed by atoms with E-state index in [1.807, 2.05) is 0 Å². The van der Waals surface area contributed by atoms with E-state index >= 15 is 0 Å². The van der Waals surface area contributed by atoms with Crippen molar-refractivity contribution in [2.45, 2.75) is 57.4 Å². The second-order valence-electron chi connectivity index (χ2n) is 6.69. The molecule has 0 saturated carbocycles. The molecule has 0 aliphatic heterocycles. The Labute approximate surface area is 173 Å². The van der Waals surface area contributed by atoms with Crippen LogP contribution >= 0.6 is 0 Å². The summed E-state index contributed by atoms with van der Waals surface area (Å²) in [6, 6.07) is 5.44. The molecule has 1 aromatic carbocycles. The zero-order valence-electron chi connectivity index (χ0n) is 16.6. The third-order valence-corrected chi connectivity index (χ3v) is 4.33. The van der Waals surface area contributed by atoms with Gasteiger partial charge in [0.05, 0.1) is 12.5 Å². The topological polar surface area (TPSA) is 64.6 Å². The van der Waals surface area contributed by atoms with Gasteiger partial charge in [0.1, 0.15) is 12.6 Å². The van der Waals surface area contributed by atoms with Crippen molar-refractivity contribution in [3.63, 3.8) is 0 Å². The zero-order valence-corrected chi connectivity index (χ0v) is 16.6. The molecule has 5 nitrogen and oxygen atoms in total. The van der Waals surface area contributed by atoms with Gasteiger partial charge in [-0.05, 0) is 12.0 Å². The fourth-order valence-electron chi connectivity index (χ4n) is 2.37. The molecule has 1 N–H and O–H groups in total. The summed E-state index contributed by atoms with van der Waals surface area (Å²) in [7, 11) is 0. The number of amides is 1. The van der Waals surface area contributed by atoms with E-state index in [1.165, 1.54) is 0 Å². The van der Waals surface area contributed by atoms with E-state index in [2.05, 4.69) is 4.74 Å². The smallest absolute Gasteiger partial charge is 0.459 e. The summed E-state index contributed by atoms with van der Waals surface area (Å²) < 4.78 is 102. The first-order valence-corrected chi connectivity index (χ1v) is 9.21. The lowest BCUT2D eigenvalue weighted by atomic mass is 9.90. The van der Waals surface area contributed by atoms with Crippen LogP contribution < -0.4 is 5.32 Å². The summed E-state index contributed by atoms with van der Waals surface area (Å²) in [5, 5.41) is 1.63. The van der Waals surface area contributed by atoms with Gasteiger partial charge in [-0.3, -0.25) is 0 Å². The van der Waals surface area contributed by atoms with Gasteiger partial charge < -0.3 is 14.8 Å². The first-order chi connectivity index (χ1) is 14.3. The van der Waals surface area contributed by atoms with Crippen molar-refractivity contribution >= 4 is 12.1 Å². The summed E-state index contributed by atoms with van der Waals surface area (Å²) in [5.74, 6) is -16.8. The first-order valence-electron chi connectivity index (χ1n) is 9.21. The van der Waals surface area contributed by atoms with Crippen molar-refractivity contribution in [3.8, 4) is 0 Å². The average molecular weight is 461 g/mol.